The molecule has 1 aliphatic heterocycles. The van der Waals surface area contributed by atoms with E-state index in [0.717, 1.165) is 11.1 Å². The number of carbonyl (C=O) groups is 1. The third-order valence-electron chi connectivity index (χ3n) is 4.62. The van der Waals surface area contributed by atoms with Crippen molar-refractivity contribution in [3.05, 3.63) is 94.0 Å². The van der Waals surface area contributed by atoms with Crippen LogP contribution in [0.3, 0.4) is 0 Å². The summed E-state index contributed by atoms with van der Waals surface area (Å²) in [6, 6.07) is 21.3. The first-order valence-corrected chi connectivity index (χ1v) is 8.81. The molecule has 0 aliphatic carbocycles. The highest BCUT2D eigenvalue weighted by molar-refractivity contribution is 6.00. The molecular formula is C21H17N3O4. The maximum absolute atomic E-state index is 13.1. The SMILES string of the molecule is CC1Oc2ccc([N+](=O)[O-])nc2N(C(c2ccccc2)c2ccccc2)C1=O. The van der Waals surface area contributed by atoms with Crippen LogP contribution in [0, 0.1) is 10.1 Å². The van der Waals surface area contributed by atoms with Gasteiger partial charge in [-0.05, 0) is 34.0 Å². The Kier molecular flexibility index (Phi) is 4.49. The van der Waals surface area contributed by atoms with E-state index in [4.69, 9.17) is 4.74 Å². The molecule has 3 aromatic rings. The molecule has 0 saturated heterocycles. The molecule has 7 nitrogen and oxygen atoms in total. The zero-order valence-corrected chi connectivity index (χ0v) is 15.1. The number of nitro groups is 1. The summed E-state index contributed by atoms with van der Waals surface area (Å²) in [4.78, 5) is 29.4. The summed E-state index contributed by atoms with van der Waals surface area (Å²) in [5.41, 5.74) is 1.74. The van der Waals surface area contributed by atoms with Gasteiger partial charge in [-0.25, -0.2) is 0 Å². The van der Waals surface area contributed by atoms with E-state index in [1.807, 2.05) is 60.7 Å². The van der Waals surface area contributed by atoms with Crippen LogP contribution in [0.2, 0.25) is 0 Å². The van der Waals surface area contributed by atoms with Crippen LogP contribution < -0.4 is 9.64 Å². The van der Waals surface area contributed by atoms with Crippen molar-refractivity contribution in [2.45, 2.75) is 19.1 Å². The Morgan fingerprint density at radius 1 is 1.00 bits per heavy atom. The normalized spacial score (nSPS) is 15.9. The largest absolute Gasteiger partial charge is 0.475 e. The zero-order chi connectivity index (χ0) is 19.7. The van der Waals surface area contributed by atoms with Crippen molar-refractivity contribution >= 4 is 17.5 Å². The van der Waals surface area contributed by atoms with E-state index < -0.39 is 17.1 Å². The van der Waals surface area contributed by atoms with Gasteiger partial charge in [0.25, 0.3) is 11.7 Å². The van der Waals surface area contributed by atoms with Gasteiger partial charge in [0.2, 0.25) is 0 Å². The van der Waals surface area contributed by atoms with Crippen LogP contribution in [0.1, 0.15) is 24.1 Å². The third-order valence-corrected chi connectivity index (χ3v) is 4.62. The van der Waals surface area contributed by atoms with E-state index in [9.17, 15) is 14.9 Å². The van der Waals surface area contributed by atoms with Crippen LogP contribution in [0.15, 0.2) is 72.8 Å². The number of hydrogen-bond donors (Lipinski definition) is 0. The number of pyridine rings is 1. The van der Waals surface area contributed by atoms with Crippen LogP contribution in [0.4, 0.5) is 11.6 Å². The molecule has 0 bridgehead atoms. The molecule has 1 unspecified atom stereocenters. The lowest BCUT2D eigenvalue weighted by atomic mass is 9.96. The van der Waals surface area contributed by atoms with Gasteiger partial charge in [0.1, 0.15) is 0 Å². The second kappa shape index (κ2) is 7.11. The summed E-state index contributed by atoms with van der Waals surface area (Å²) >= 11 is 0. The van der Waals surface area contributed by atoms with Gasteiger partial charge in [-0.1, -0.05) is 60.7 Å². The summed E-state index contributed by atoms with van der Waals surface area (Å²) in [6.45, 7) is 1.66. The first-order chi connectivity index (χ1) is 13.6. The first-order valence-electron chi connectivity index (χ1n) is 8.81. The van der Waals surface area contributed by atoms with E-state index in [1.165, 1.54) is 17.0 Å². The van der Waals surface area contributed by atoms with Gasteiger partial charge < -0.3 is 14.9 Å². The summed E-state index contributed by atoms with van der Waals surface area (Å²) in [6.07, 6.45) is -0.731. The maximum atomic E-state index is 13.1. The van der Waals surface area contributed by atoms with Gasteiger partial charge >= 0.3 is 5.82 Å². The number of hydrogen-bond acceptors (Lipinski definition) is 5. The number of rotatable bonds is 4. The fraction of sp³-hybridized carbons (Fsp3) is 0.143. The molecule has 1 aliphatic rings. The molecule has 2 aromatic carbocycles. The Morgan fingerprint density at radius 2 is 1.57 bits per heavy atom. The molecule has 0 spiro atoms. The zero-order valence-electron chi connectivity index (χ0n) is 15.1. The fourth-order valence-corrected chi connectivity index (χ4v) is 3.34. The number of ether oxygens (including phenoxy) is 1. The van der Waals surface area contributed by atoms with Crippen LogP contribution in [0.25, 0.3) is 0 Å². The van der Waals surface area contributed by atoms with Crippen molar-refractivity contribution in [3.8, 4) is 5.75 Å². The van der Waals surface area contributed by atoms with Crippen molar-refractivity contribution in [1.29, 1.82) is 0 Å². The van der Waals surface area contributed by atoms with Crippen molar-refractivity contribution in [2.75, 3.05) is 4.90 Å². The molecule has 0 fully saturated rings. The van der Waals surface area contributed by atoms with Crippen LogP contribution in [0.5, 0.6) is 5.75 Å². The lowest BCUT2D eigenvalue weighted by Crippen LogP contribution is -2.47. The molecule has 1 amide bonds. The van der Waals surface area contributed by atoms with E-state index in [1.54, 1.807) is 6.92 Å². The predicted molar refractivity (Wildman–Crippen MR) is 103 cm³/mol. The minimum absolute atomic E-state index is 0.148. The monoisotopic (exact) mass is 375 g/mol. The molecular weight excluding hydrogens is 358 g/mol. The molecule has 2 heterocycles. The van der Waals surface area contributed by atoms with E-state index in [-0.39, 0.29) is 17.5 Å². The number of benzene rings is 2. The average molecular weight is 375 g/mol. The first kappa shape index (κ1) is 17.7. The molecule has 28 heavy (non-hydrogen) atoms. The van der Waals surface area contributed by atoms with Gasteiger partial charge in [-0.2, -0.15) is 0 Å². The topological polar surface area (TPSA) is 85.6 Å². The molecule has 0 saturated carbocycles. The van der Waals surface area contributed by atoms with Crippen molar-refractivity contribution < 1.29 is 14.5 Å². The Morgan fingerprint density at radius 3 is 2.11 bits per heavy atom. The van der Waals surface area contributed by atoms with Crippen molar-refractivity contribution in [2.24, 2.45) is 0 Å². The highest BCUT2D eigenvalue weighted by Gasteiger charge is 2.41. The maximum Gasteiger partial charge on any atom is 0.366 e. The van der Waals surface area contributed by atoms with Crippen LogP contribution >= 0.6 is 0 Å². The number of amides is 1. The number of carbonyl (C=O) groups excluding carboxylic acids is 1. The molecule has 4 rings (SSSR count). The summed E-state index contributed by atoms with van der Waals surface area (Å²) in [7, 11) is 0. The molecule has 140 valence electrons. The summed E-state index contributed by atoms with van der Waals surface area (Å²) in [5.74, 6) is -0.155. The Labute approximate surface area is 161 Å². The standard InChI is InChI=1S/C21H17N3O4/c1-14-21(25)23(20-17(28-14)12-13-18(22-20)24(26)27)19(15-8-4-2-5-9-15)16-10-6-3-7-11-16/h2-14,19H,1H3. The minimum Gasteiger partial charge on any atom is -0.475 e. The van der Waals surface area contributed by atoms with Gasteiger partial charge in [0.15, 0.2) is 11.9 Å². The van der Waals surface area contributed by atoms with Crippen LogP contribution in [-0.4, -0.2) is 21.9 Å². The number of fused-ring (bicyclic) bond motifs is 1. The highest BCUT2D eigenvalue weighted by atomic mass is 16.6. The highest BCUT2D eigenvalue weighted by Crippen LogP contribution is 2.41. The van der Waals surface area contributed by atoms with Crippen molar-refractivity contribution in [1.82, 2.24) is 4.98 Å². The predicted octanol–water partition coefficient (Wildman–Crippen LogP) is 3.89. The average Bonchev–Trinajstić information content (AvgIpc) is 2.72. The van der Waals surface area contributed by atoms with Gasteiger partial charge in [0.05, 0.1) is 6.04 Å². The molecule has 1 aromatic heterocycles. The van der Waals surface area contributed by atoms with E-state index in [2.05, 4.69) is 4.98 Å². The fourth-order valence-electron chi connectivity index (χ4n) is 3.34. The Bertz CT molecular complexity index is 985. The quantitative estimate of drug-likeness (QED) is 0.510. The molecule has 7 heteroatoms. The second-order valence-corrected chi connectivity index (χ2v) is 6.44. The Hall–Kier alpha value is -3.74. The lowest BCUT2D eigenvalue weighted by Gasteiger charge is -2.35. The second-order valence-electron chi connectivity index (χ2n) is 6.44. The van der Waals surface area contributed by atoms with Crippen molar-refractivity contribution in [3.63, 3.8) is 0 Å². The van der Waals surface area contributed by atoms with E-state index >= 15 is 0 Å². The van der Waals surface area contributed by atoms with Gasteiger partial charge in [-0.3, -0.25) is 9.69 Å². The third kappa shape index (κ3) is 3.07. The van der Waals surface area contributed by atoms with E-state index in [0.29, 0.717) is 5.75 Å². The van der Waals surface area contributed by atoms with Gasteiger partial charge in [0, 0.05) is 6.07 Å². The molecule has 0 radical (unpaired) electrons. The number of anilines is 1. The van der Waals surface area contributed by atoms with Gasteiger partial charge in [-0.15, -0.1) is 0 Å². The molecule has 1 atom stereocenters. The number of nitrogens with zero attached hydrogens (tertiary/aromatic N) is 3. The minimum atomic E-state index is -0.731. The molecule has 0 N–H and O–H groups in total. The smallest absolute Gasteiger partial charge is 0.366 e. The van der Waals surface area contributed by atoms with Crippen LogP contribution in [-0.2, 0) is 4.79 Å². The Balaban J connectivity index is 1.94. The lowest BCUT2D eigenvalue weighted by molar-refractivity contribution is -0.389. The summed E-state index contributed by atoms with van der Waals surface area (Å²) in [5, 5.41) is 11.2. The summed E-state index contributed by atoms with van der Waals surface area (Å²) < 4.78 is 5.65. The number of aromatic nitrogens is 1.